The highest BCUT2D eigenvalue weighted by Crippen LogP contribution is 2.44. The van der Waals surface area contributed by atoms with Gasteiger partial charge in [-0.1, -0.05) is 35.4 Å². The minimum atomic E-state index is -0.0952. The van der Waals surface area contributed by atoms with E-state index in [9.17, 15) is 4.79 Å². The Morgan fingerprint density at radius 2 is 1.86 bits per heavy atom. The third kappa shape index (κ3) is 4.74. The Morgan fingerprint density at radius 1 is 1.11 bits per heavy atom. The van der Waals surface area contributed by atoms with E-state index in [0.717, 1.165) is 51.0 Å². The normalized spacial score (nSPS) is 17.8. The number of carbonyl (C=O) groups is 1. The van der Waals surface area contributed by atoms with Gasteiger partial charge in [-0.05, 0) is 51.8 Å². The Bertz CT molecular complexity index is 1320. The Hall–Kier alpha value is -3.26. The highest BCUT2D eigenvalue weighted by atomic mass is 32.2. The maximum atomic E-state index is 13.0. The van der Waals surface area contributed by atoms with E-state index in [-0.39, 0.29) is 23.7 Å². The van der Waals surface area contributed by atoms with Gasteiger partial charge in [0.1, 0.15) is 18.2 Å². The van der Waals surface area contributed by atoms with Crippen LogP contribution in [0.5, 0.6) is 5.75 Å². The van der Waals surface area contributed by atoms with Gasteiger partial charge in [-0.2, -0.15) is 4.98 Å². The van der Waals surface area contributed by atoms with Crippen LogP contribution >= 0.6 is 11.8 Å². The second-order valence-corrected chi connectivity index (χ2v) is 11.2. The number of nitrogens with one attached hydrogen (secondary N) is 2. The van der Waals surface area contributed by atoms with E-state index in [1.165, 1.54) is 11.1 Å². The summed E-state index contributed by atoms with van der Waals surface area (Å²) in [6.45, 7) is 11.1. The second-order valence-electron chi connectivity index (χ2n) is 9.92. The number of hydrogen-bond acceptors (Lipinski definition) is 7. The lowest BCUT2D eigenvalue weighted by Gasteiger charge is -2.22. The summed E-state index contributed by atoms with van der Waals surface area (Å²) < 4.78 is 5.92. The molecule has 0 spiro atoms. The number of anilines is 3. The molecule has 0 bridgehead atoms. The highest BCUT2D eigenvalue weighted by Gasteiger charge is 2.30. The predicted molar refractivity (Wildman–Crippen MR) is 147 cm³/mol. The first-order valence-corrected chi connectivity index (χ1v) is 13.4. The van der Waals surface area contributed by atoms with Crippen LogP contribution in [0, 0.1) is 27.7 Å². The molecule has 2 aliphatic heterocycles. The molecule has 3 heterocycles. The first-order valence-electron chi connectivity index (χ1n) is 12.3. The standard InChI is InChI=1S/C28H33N5O2S/c1-15-7-8-23-20(11-15)22(13-35-23)29-27-21-14-36-19(5)26(21)31-28(32-27)33(6)12-24(34)30-25-17(3)9-16(2)10-18(25)4/h7-11,19,22H,12-14H2,1-6H3,(H,30,34)(H,29,31,32). The summed E-state index contributed by atoms with van der Waals surface area (Å²) in [5, 5.41) is 7.00. The van der Waals surface area contributed by atoms with Gasteiger partial charge in [0.05, 0.1) is 18.3 Å². The largest absolute Gasteiger partial charge is 0.491 e. The fourth-order valence-electron chi connectivity index (χ4n) is 5.01. The van der Waals surface area contributed by atoms with Crippen LogP contribution in [0.3, 0.4) is 0 Å². The van der Waals surface area contributed by atoms with Crippen molar-refractivity contribution in [3.63, 3.8) is 0 Å². The van der Waals surface area contributed by atoms with Gasteiger partial charge < -0.3 is 20.3 Å². The number of carbonyl (C=O) groups excluding carboxylic acids is 1. The van der Waals surface area contributed by atoms with E-state index in [4.69, 9.17) is 14.7 Å². The van der Waals surface area contributed by atoms with Gasteiger partial charge in [-0.3, -0.25) is 4.79 Å². The van der Waals surface area contributed by atoms with Crippen LogP contribution in [-0.4, -0.2) is 36.1 Å². The zero-order valence-corrected chi connectivity index (χ0v) is 22.5. The zero-order valence-electron chi connectivity index (χ0n) is 21.7. The Labute approximate surface area is 217 Å². The van der Waals surface area contributed by atoms with Crippen LogP contribution in [0.4, 0.5) is 17.5 Å². The Balaban J connectivity index is 1.38. The van der Waals surface area contributed by atoms with Gasteiger partial charge in [-0.25, -0.2) is 4.98 Å². The average molecular weight is 504 g/mol. The number of aryl methyl sites for hydroxylation is 4. The van der Waals surface area contributed by atoms with E-state index in [1.807, 2.05) is 43.6 Å². The number of rotatable bonds is 6. The summed E-state index contributed by atoms with van der Waals surface area (Å²) in [6.07, 6.45) is 0. The molecule has 1 aromatic heterocycles. The maximum Gasteiger partial charge on any atom is 0.244 e. The Morgan fingerprint density at radius 3 is 2.61 bits per heavy atom. The number of benzene rings is 2. The van der Waals surface area contributed by atoms with Crippen LogP contribution < -0.4 is 20.3 Å². The number of likely N-dealkylation sites (N-methyl/N-ethyl adjacent to an activating group) is 1. The fraction of sp³-hybridized carbons (Fsp3) is 0.393. The number of fused-ring (bicyclic) bond motifs is 2. The van der Waals surface area contributed by atoms with Crippen molar-refractivity contribution in [2.45, 2.75) is 51.7 Å². The molecule has 2 atom stereocenters. The number of amides is 1. The number of ether oxygens (including phenoxy) is 1. The summed E-state index contributed by atoms with van der Waals surface area (Å²) in [6, 6.07) is 10.5. The third-order valence-corrected chi connectivity index (χ3v) is 7.99. The summed E-state index contributed by atoms with van der Waals surface area (Å²) in [4.78, 5) is 24.6. The van der Waals surface area contributed by atoms with Crippen LogP contribution in [0.25, 0.3) is 0 Å². The van der Waals surface area contributed by atoms with Crippen molar-refractivity contribution in [2.75, 3.05) is 35.7 Å². The molecule has 2 N–H and O–H groups in total. The smallest absolute Gasteiger partial charge is 0.244 e. The lowest BCUT2D eigenvalue weighted by atomic mass is 10.1. The minimum absolute atomic E-state index is 0.0220. The number of aromatic nitrogens is 2. The first-order chi connectivity index (χ1) is 17.2. The van der Waals surface area contributed by atoms with Crippen LogP contribution in [0.1, 0.15) is 57.3 Å². The molecule has 0 saturated heterocycles. The van der Waals surface area contributed by atoms with Crippen molar-refractivity contribution in [2.24, 2.45) is 0 Å². The molecular weight excluding hydrogens is 470 g/mol. The van der Waals surface area contributed by atoms with E-state index in [2.05, 4.69) is 55.7 Å². The molecule has 1 amide bonds. The van der Waals surface area contributed by atoms with E-state index in [1.54, 1.807) is 0 Å². The van der Waals surface area contributed by atoms with Crippen molar-refractivity contribution in [1.82, 2.24) is 9.97 Å². The van der Waals surface area contributed by atoms with Crippen LogP contribution in [0.15, 0.2) is 30.3 Å². The van der Waals surface area contributed by atoms with Crippen molar-refractivity contribution in [1.29, 1.82) is 0 Å². The molecule has 0 fully saturated rings. The second kappa shape index (κ2) is 9.65. The van der Waals surface area contributed by atoms with Gasteiger partial charge in [0.25, 0.3) is 0 Å². The molecule has 8 heteroatoms. The zero-order chi connectivity index (χ0) is 25.6. The van der Waals surface area contributed by atoms with E-state index < -0.39 is 0 Å². The molecule has 2 aliphatic rings. The first kappa shape index (κ1) is 24.4. The molecule has 3 aromatic rings. The van der Waals surface area contributed by atoms with Crippen molar-refractivity contribution < 1.29 is 9.53 Å². The van der Waals surface area contributed by atoms with Gasteiger partial charge >= 0.3 is 0 Å². The van der Waals surface area contributed by atoms with Crippen molar-refractivity contribution in [3.8, 4) is 5.75 Å². The molecule has 0 aliphatic carbocycles. The SMILES string of the molecule is Cc1cc(C)c(NC(=O)CN(C)c2nc(NC3COc4ccc(C)cc43)c3c(n2)C(C)SC3)c(C)c1. The third-order valence-electron chi connectivity index (χ3n) is 6.81. The topological polar surface area (TPSA) is 79.4 Å². The predicted octanol–water partition coefficient (Wildman–Crippen LogP) is 5.64. The summed E-state index contributed by atoms with van der Waals surface area (Å²) in [5.74, 6) is 3.06. The summed E-state index contributed by atoms with van der Waals surface area (Å²) in [5.41, 5.74) is 8.70. The van der Waals surface area contributed by atoms with Gasteiger partial charge in [0, 0.05) is 34.9 Å². The Kier molecular flexibility index (Phi) is 6.55. The van der Waals surface area contributed by atoms with Gasteiger partial charge in [-0.15, -0.1) is 11.8 Å². The number of hydrogen-bond donors (Lipinski definition) is 2. The van der Waals surface area contributed by atoms with Crippen LogP contribution in [-0.2, 0) is 10.5 Å². The summed E-state index contributed by atoms with van der Waals surface area (Å²) >= 11 is 1.86. The number of nitrogens with zero attached hydrogens (tertiary/aromatic N) is 3. The van der Waals surface area contributed by atoms with Gasteiger partial charge in [0.15, 0.2) is 0 Å². The molecule has 2 unspecified atom stereocenters. The maximum absolute atomic E-state index is 13.0. The van der Waals surface area contributed by atoms with Crippen molar-refractivity contribution in [3.05, 3.63) is 69.4 Å². The lowest BCUT2D eigenvalue weighted by molar-refractivity contribution is -0.114. The molecule has 36 heavy (non-hydrogen) atoms. The quantitative estimate of drug-likeness (QED) is 0.451. The summed E-state index contributed by atoms with van der Waals surface area (Å²) in [7, 11) is 1.87. The highest BCUT2D eigenvalue weighted by molar-refractivity contribution is 7.99. The molecule has 0 radical (unpaired) electrons. The fourth-order valence-corrected chi connectivity index (χ4v) is 6.06. The van der Waals surface area contributed by atoms with E-state index in [0.29, 0.717) is 12.6 Å². The molecule has 188 valence electrons. The lowest BCUT2D eigenvalue weighted by Crippen LogP contribution is -2.32. The minimum Gasteiger partial charge on any atom is -0.491 e. The molecule has 5 rings (SSSR count). The number of thioether (sulfide) groups is 1. The van der Waals surface area contributed by atoms with Crippen molar-refractivity contribution >= 4 is 35.1 Å². The van der Waals surface area contributed by atoms with Gasteiger partial charge in [0.2, 0.25) is 11.9 Å². The average Bonchev–Trinajstić information content (AvgIpc) is 3.39. The molecule has 2 aromatic carbocycles. The van der Waals surface area contributed by atoms with E-state index >= 15 is 0 Å². The monoisotopic (exact) mass is 503 g/mol. The molecule has 0 saturated carbocycles. The molecule has 7 nitrogen and oxygen atoms in total. The molecular formula is C28H33N5O2S. The van der Waals surface area contributed by atoms with Crippen LogP contribution in [0.2, 0.25) is 0 Å².